The minimum atomic E-state index is -1.77. The van der Waals surface area contributed by atoms with Crippen LogP contribution >= 0.6 is 0 Å². The molecule has 2 atom stereocenters. The first kappa shape index (κ1) is 55.4. The number of piperidine rings is 1. The summed E-state index contributed by atoms with van der Waals surface area (Å²) in [7, 11) is 0. The number of rotatable bonds is 11. The lowest BCUT2D eigenvalue weighted by atomic mass is 9.70. The molecule has 16 heteroatoms. The third kappa shape index (κ3) is 11.6. The van der Waals surface area contributed by atoms with Crippen LogP contribution in [-0.2, 0) is 46.3 Å². The second-order valence-electron chi connectivity index (χ2n) is 24.4. The molecule has 390 valence electrons. The van der Waals surface area contributed by atoms with Gasteiger partial charge in [-0.15, -0.1) is 0 Å². The molecule has 1 aliphatic carbocycles. The molecule has 2 aliphatic rings. The summed E-state index contributed by atoms with van der Waals surface area (Å²) in [6.45, 7) is 25.8. The summed E-state index contributed by atoms with van der Waals surface area (Å²) in [6.07, 6.45) is -0.529. The van der Waals surface area contributed by atoms with E-state index in [4.69, 9.17) is 15.2 Å². The third-order valence-electron chi connectivity index (χ3n) is 13.4. The largest absolute Gasteiger partial charge is 0.784 e. The van der Waals surface area contributed by atoms with Gasteiger partial charge in [0, 0.05) is 23.9 Å². The van der Waals surface area contributed by atoms with Gasteiger partial charge in [-0.25, -0.2) is 9.59 Å². The molecule has 4 aromatic carbocycles. The number of amides is 5. The van der Waals surface area contributed by atoms with Crippen molar-refractivity contribution in [2.75, 3.05) is 0 Å². The monoisotopic (exact) mass is 991 g/mol. The maximum atomic E-state index is 14.8. The molecule has 1 aliphatic heterocycles. The zero-order valence-corrected chi connectivity index (χ0v) is 45.1. The predicted molar refractivity (Wildman–Crippen MR) is 280 cm³/mol. The van der Waals surface area contributed by atoms with E-state index in [0.717, 1.165) is 53.8 Å². The Balaban J connectivity index is 1.31. The minimum absolute atomic E-state index is 0.137. The lowest BCUT2D eigenvalue weighted by molar-refractivity contribution is -0.171. The zero-order valence-electron chi connectivity index (χ0n) is 45.1. The molecule has 1 heterocycles. The smallest absolute Gasteiger partial charge is 0.409 e. The van der Waals surface area contributed by atoms with Crippen LogP contribution in [0.5, 0.6) is 0 Å². The van der Waals surface area contributed by atoms with Crippen LogP contribution in [0.1, 0.15) is 135 Å². The third-order valence-corrected chi connectivity index (χ3v) is 13.4. The SMILES string of the molecule is C[C@H](NC(=O)C(C)(C)NC(=O)C(C)(C)NC1(NC(=O)OC(C)(C)C)Cc2ccc3ccccc3c2-c2c(ccc3ccccc23)C1)C(=O)N(C(=O)C1(N)CC(C)(C)N([O-])C(C)(C)C1)[C@@H](C)C(=O)OC(C)(C)C. The van der Waals surface area contributed by atoms with Crippen molar-refractivity contribution >= 4 is 57.2 Å². The molecule has 4 aromatic rings. The number of imide groups is 1. The lowest BCUT2D eigenvalue weighted by Gasteiger charge is -2.62. The van der Waals surface area contributed by atoms with Crippen molar-refractivity contribution < 1.29 is 38.2 Å². The van der Waals surface area contributed by atoms with Crippen LogP contribution in [0.4, 0.5) is 4.79 Å². The molecule has 6 rings (SSSR count). The number of benzene rings is 4. The number of hydrogen-bond donors (Lipinski definition) is 5. The molecular formula is C56H76N7O9-. The number of nitrogens with zero attached hydrogens (tertiary/aromatic N) is 2. The standard InChI is InChI=1S/C56H76N7O9/c1-33(43(64)62(34(2)44(65)71-49(3,4)5)47(68)55(57)31-51(9,10)63(70)52(11,12)32-55)58-45(66)53(13,14)59-46(67)54(15,16)61-56(60-48(69)72-50(6,7)8)29-37-27-25-35-21-17-19-23-39(35)41(37)42-38(30-56)28-26-36-22-18-20-24-40(36)42/h17-28,33-34,61H,29-32,57H2,1-16H3,(H,58,66)(H,59,67)(H,60,69)/q-1/t33-,34-/m0/s1. The van der Waals surface area contributed by atoms with Gasteiger partial charge in [0.05, 0.1) is 11.1 Å². The van der Waals surface area contributed by atoms with Crippen LogP contribution < -0.4 is 27.0 Å². The summed E-state index contributed by atoms with van der Waals surface area (Å²) >= 11 is 0. The van der Waals surface area contributed by atoms with Crippen LogP contribution in [-0.4, -0.2) is 102 Å². The summed E-state index contributed by atoms with van der Waals surface area (Å²) in [4.78, 5) is 86.8. The second-order valence-corrected chi connectivity index (χ2v) is 24.4. The summed E-state index contributed by atoms with van der Waals surface area (Å²) < 4.78 is 11.5. The number of carbonyl (C=O) groups is 6. The van der Waals surface area contributed by atoms with E-state index in [9.17, 15) is 34.0 Å². The number of ether oxygens (including phenoxy) is 2. The van der Waals surface area contributed by atoms with Crippen LogP contribution in [0.25, 0.3) is 32.7 Å². The van der Waals surface area contributed by atoms with E-state index >= 15 is 0 Å². The molecule has 0 radical (unpaired) electrons. The Morgan fingerprint density at radius 3 is 1.58 bits per heavy atom. The average Bonchev–Trinajstić information content (AvgIpc) is 3.37. The summed E-state index contributed by atoms with van der Waals surface area (Å²) in [5.74, 6) is -4.14. The molecular weight excluding hydrogens is 915 g/mol. The Kier molecular flexibility index (Phi) is 14.7. The van der Waals surface area contributed by atoms with E-state index in [-0.39, 0.29) is 25.7 Å². The van der Waals surface area contributed by atoms with Gasteiger partial charge < -0.3 is 41.4 Å². The van der Waals surface area contributed by atoms with Crippen molar-refractivity contribution in [2.24, 2.45) is 5.73 Å². The van der Waals surface area contributed by atoms with E-state index < -0.39 is 92.3 Å². The van der Waals surface area contributed by atoms with Crippen molar-refractivity contribution in [3.8, 4) is 11.1 Å². The number of carbonyl (C=O) groups excluding carboxylic acids is 6. The van der Waals surface area contributed by atoms with Crippen molar-refractivity contribution in [1.82, 2.24) is 31.2 Å². The Morgan fingerprint density at radius 2 is 1.12 bits per heavy atom. The Morgan fingerprint density at radius 1 is 0.667 bits per heavy atom. The first-order valence-electron chi connectivity index (χ1n) is 24.7. The van der Waals surface area contributed by atoms with Gasteiger partial charge in [0.2, 0.25) is 17.7 Å². The highest BCUT2D eigenvalue weighted by atomic mass is 16.6. The van der Waals surface area contributed by atoms with Crippen LogP contribution in [0.3, 0.4) is 0 Å². The highest BCUT2D eigenvalue weighted by molar-refractivity contribution is 6.09. The van der Waals surface area contributed by atoms with Crippen molar-refractivity contribution in [3.05, 3.63) is 89.1 Å². The van der Waals surface area contributed by atoms with E-state index in [1.54, 1.807) is 83.1 Å². The van der Waals surface area contributed by atoms with Gasteiger partial charge in [0.1, 0.15) is 34.5 Å². The Hall–Kier alpha value is -5.94. The average molecular weight is 991 g/mol. The molecule has 1 saturated heterocycles. The van der Waals surface area contributed by atoms with E-state index in [1.165, 1.54) is 27.7 Å². The molecule has 0 spiro atoms. The fourth-order valence-corrected chi connectivity index (χ4v) is 10.7. The van der Waals surface area contributed by atoms with Crippen LogP contribution in [0.2, 0.25) is 0 Å². The van der Waals surface area contributed by atoms with Crippen LogP contribution in [0.15, 0.2) is 72.8 Å². The van der Waals surface area contributed by atoms with E-state index in [2.05, 4.69) is 57.7 Å². The fraction of sp³-hybridized carbons (Fsp3) is 0.536. The predicted octanol–water partition coefficient (Wildman–Crippen LogP) is 7.68. The number of alkyl carbamates (subject to hydrolysis) is 1. The van der Waals surface area contributed by atoms with Crippen LogP contribution in [0, 0.1) is 5.21 Å². The zero-order chi connectivity index (χ0) is 53.9. The number of esters is 1. The first-order valence-corrected chi connectivity index (χ1v) is 24.7. The molecule has 6 N–H and O–H groups in total. The molecule has 5 amide bonds. The summed E-state index contributed by atoms with van der Waals surface area (Å²) in [6, 6.07) is 21.6. The van der Waals surface area contributed by atoms with Crippen molar-refractivity contribution in [2.45, 2.75) is 193 Å². The molecule has 0 aromatic heterocycles. The van der Waals surface area contributed by atoms with E-state index in [0.29, 0.717) is 0 Å². The van der Waals surface area contributed by atoms with Crippen molar-refractivity contribution in [1.29, 1.82) is 0 Å². The first-order chi connectivity index (χ1) is 32.9. The lowest BCUT2D eigenvalue weighted by Crippen LogP contribution is -2.72. The number of nitrogens with two attached hydrogens (primary N) is 1. The van der Waals surface area contributed by atoms with Gasteiger partial charge in [0.25, 0.3) is 5.91 Å². The molecule has 0 bridgehead atoms. The number of nitrogens with one attached hydrogen (secondary N) is 4. The van der Waals surface area contributed by atoms with E-state index in [1.807, 2.05) is 36.4 Å². The minimum Gasteiger partial charge on any atom is -0.784 e. The quantitative estimate of drug-likeness (QED) is 0.0721. The molecule has 0 saturated carbocycles. The fourth-order valence-electron chi connectivity index (χ4n) is 10.7. The van der Waals surface area contributed by atoms with Gasteiger partial charge in [-0.3, -0.25) is 29.4 Å². The summed E-state index contributed by atoms with van der Waals surface area (Å²) in [5.41, 5.74) is 0.353. The molecule has 1 fully saturated rings. The number of fused-ring (bicyclic) bond motifs is 7. The summed E-state index contributed by atoms with van der Waals surface area (Å²) in [5, 5.41) is 30.6. The van der Waals surface area contributed by atoms with Gasteiger partial charge >= 0.3 is 12.1 Å². The molecule has 72 heavy (non-hydrogen) atoms. The second kappa shape index (κ2) is 19.2. The highest BCUT2D eigenvalue weighted by Crippen LogP contribution is 2.45. The van der Waals surface area contributed by atoms with Gasteiger partial charge in [0.15, 0.2) is 0 Å². The molecule has 0 unspecified atom stereocenters. The number of hydroxylamine groups is 2. The Bertz CT molecular complexity index is 2700. The van der Waals surface area contributed by atoms with Gasteiger partial charge in [-0.2, -0.15) is 0 Å². The molecule has 16 nitrogen and oxygen atoms in total. The number of hydrogen-bond acceptors (Lipinski definition) is 12. The maximum Gasteiger partial charge on any atom is 0.409 e. The topological polar surface area (TPSA) is 225 Å². The van der Waals surface area contributed by atoms with Gasteiger partial charge in [-0.05, 0) is 167 Å². The Labute approximate surface area is 424 Å². The van der Waals surface area contributed by atoms with Gasteiger partial charge in [-0.1, -0.05) is 72.8 Å². The maximum absolute atomic E-state index is 14.8. The van der Waals surface area contributed by atoms with Crippen molar-refractivity contribution in [3.63, 3.8) is 0 Å². The highest BCUT2D eigenvalue weighted by Gasteiger charge is 2.55. The normalized spacial score (nSPS) is 18.3.